The maximum absolute atomic E-state index is 14.3. The van der Waals surface area contributed by atoms with Crippen LogP contribution in [0.2, 0.25) is 0 Å². The number of aliphatic hydroxyl groups is 20. The van der Waals surface area contributed by atoms with Gasteiger partial charge in [-0.05, 0) is 76.4 Å². The van der Waals surface area contributed by atoms with Crippen LogP contribution >= 0.6 is 15.9 Å². The van der Waals surface area contributed by atoms with E-state index in [0.29, 0.717) is 5.56 Å². The lowest BCUT2D eigenvalue weighted by molar-refractivity contribution is -0.142. The topological polar surface area (TPSA) is 718 Å². The summed E-state index contributed by atoms with van der Waals surface area (Å²) in [6, 6.07) is 2.35. The molecule has 0 heterocycles. The molecule has 0 aliphatic heterocycles. The highest BCUT2D eigenvalue weighted by molar-refractivity contribution is 9.09. The minimum absolute atomic E-state index is 0.0140. The van der Waals surface area contributed by atoms with Crippen LogP contribution in [0.3, 0.4) is 0 Å². The summed E-state index contributed by atoms with van der Waals surface area (Å²) in [5, 5.41) is 241. The van der Waals surface area contributed by atoms with Gasteiger partial charge in [0.15, 0.2) is 0 Å². The van der Waals surface area contributed by atoms with E-state index in [4.69, 9.17) is 5.11 Å². The molecule has 1 rings (SSSR count). The lowest BCUT2D eigenvalue weighted by Crippen LogP contribution is -2.56. The average Bonchev–Trinajstić information content (AvgIpc) is 0.879. The lowest BCUT2D eigenvalue weighted by atomic mass is 10.0. The number of alkyl halides is 1. The quantitative estimate of drug-likeness (QED) is 0.0213. The molecule has 0 spiro atoms. The Kier molecular flexibility index (Phi) is 49.1. The molecule has 0 aliphatic carbocycles. The van der Waals surface area contributed by atoms with E-state index < -0.39 is 266 Å². The standard InChI is InChI=1S/C63H109BrN10O32/c64-21-48(89)69-34(13-5-8-18-73(25-38(79)52(94)56(98)42(83)29-75)26-39(80)53(95)57(99)43(84)30-76)61(103)71-35(62(104)72-36(63(105)106)14-6-9-19-74(27-40(81)54(96)58(100)44(85)31-77)28-41(82)55(97)59(101)45(86)32-78)12-4-7-17-65-46(87)15-16-47(88)66-22-49(90)67-23-50(91)70-37(60(102)68-24-51(92)93)20-33-10-2-1-3-11-33/h1-3,10-11,34-45,52-59,75-86,94-101H,4-9,12-32H2,(H,65,87)(H,66,88)(H,67,90)(H,68,102)(H,69,89)(H,70,91)(H,71,103)(H,72,104)(H,92,93)(H,105,106)/t34-,35-,36-,37-,38-,39-,40-,41-,42+,43+,44+,45+,52+,53+,54+,55+,56+,57+,58+,59+/m0/s1. The Morgan fingerprint density at radius 1 is 0.358 bits per heavy atom. The van der Waals surface area contributed by atoms with E-state index in [0.717, 1.165) is 4.90 Å². The molecule has 0 unspecified atom stereocenters. The number of aliphatic hydroxyl groups excluding tert-OH is 20. The maximum atomic E-state index is 14.3. The van der Waals surface area contributed by atoms with E-state index in [2.05, 4.69) is 58.5 Å². The zero-order chi connectivity index (χ0) is 80.3. The van der Waals surface area contributed by atoms with Crippen molar-refractivity contribution in [1.29, 1.82) is 0 Å². The Labute approximate surface area is 617 Å². The number of carbonyl (C=O) groups is 10. The van der Waals surface area contributed by atoms with E-state index in [1.165, 1.54) is 4.90 Å². The number of carboxylic acids is 2. The van der Waals surface area contributed by atoms with Gasteiger partial charge in [-0.2, -0.15) is 0 Å². The zero-order valence-corrected chi connectivity index (χ0v) is 59.8. The monoisotopic (exact) mass is 1600 g/mol. The Morgan fingerprint density at radius 2 is 0.708 bits per heavy atom. The van der Waals surface area contributed by atoms with E-state index in [1.807, 2.05) is 0 Å². The van der Waals surface area contributed by atoms with Gasteiger partial charge in [-0.3, -0.25) is 53.0 Å². The fourth-order valence-corrected chi connectivity index (χ4v) is 10.5. The van der Waals surface area contributed by atoms with Crippen LogP contribution < -0.4 is 42.5 Å². The first-order valence-electron chi connectivity index (χ1n) is 34.1. The summed E-state index contributed by atoms with van der Waals surface area (Å²) in [5.41, 5.74) is 0.625. The summed E-state index contributed by atoms with van der Waals surface area (Å²) in [4.78, 5) is 131. The van der Waals surface area contributed by atoms with Crippen molar-refractivity contribution in [1.82, 2.24) is 52.3 Å². The van der Waals surface area contributed by atoms with Crippen molar-refractivity contribution >= 4 is 75.1 Å². The van der Waals surface area contributed by atoms with Crippen LogP contribution in [-0.4, -0.2) is 400 Å². The zero-order valence-electron chi connectivity index (χ0n) is 58.2. The van der Waals surface area contributed by atoms with Gasteiger partial charge in [0.1, 0.15) is 104 Å². The Hall–Kier alpha value is -6.48. The van der Waals surface area contributed by atoms with Crippen molar-refractivity contribution in [3.63, 3.8) is 0 Å². The highest BCUT2D eigenvalue weighted by Crippen LogP contribution is 2.17. The number of hydrogen-bond donors (Lipinski definition) is 30. The molecule has 1 aromatic carbocycles. The van der Waals surface area contributed by atoms with Gasteiger partial charge in [0.2, 0.25) is 47.3 Å². The second-order valence-corrected chi connectivity index (χ2v) is 25.8. The molecule has 0 aliphatic rings. The summed E-state index contributed by atoms with van der Waals surface area (Å²) in [7, 11) is 0. The molecular weight excluding hydrogens is 1490 g/mol. The van der Waals surface area contributed by atoms with Crippen LogP contribution in [0.25, 0.3) is 0 Å². The molecule has 1 aromatic rings. The van der Waals surface area contributed by atoms with Crippen molar-refractivity contribution in [2.75, 3.05) is 97.2 Å². The predicted molar refractivity (Wildman–Crippen MR) is 367 cm³/mol. The van der Waals surface area contributed by atoms with E-state index in [9.17, 15) is 155 Å². The van der Waals surface area contributed by atoms with Crippen LogP contribution in [0.4, 0.5) is 0 Å². The van der Waals surface area contributed by atoms with Crippen molar-refractivity contribution in [3.05, 3.63) is 35.9 Å². The van der Waals surface area contributed by atoms with Gasteiger partial charge >= 0.3 is 11.9 Å². The van der Waals surface area contributed by atoms with Gasteiger partial charge in [0, 0.05) is 52.0 Å². The number of unbranched alkanes of at least 4 members (excludes halogenated alkanes) is 3. The third-order valence-electron chi connectivity index (χ3n) is 16.6. The third kappa shape index (κ3) is 38.5. The largest absolute Gasteiger partial charge is 0.480 e. The highest BCUT2D eigenvalue weighted by atomic mass is 79.9. The van der Waals surface area contributed by atoms with Crippen molar-refractivity contribution in [2.45, 2.75) is 199 Å². The molecule has 0 fully saturated rings. The second-order valence-electron chi connectivity index (χ2n) is 25.2. The number of halogens is 1. The van der Waals surface area contributed by atoms with Gasteiger partial charge in [-0.15, -0.1) is 0 Å². The Morgan fingerprint density at radius 3 is 1.10 bits per heavy atom. The maximum Gasteiger partial charge on any atom is 0.326 e. The highest BCUT2D eigenvalue weighted by Gasteiger charge is 2.38. The Balaban J connectivity index is 3.39. The predicted octanol–water partition coefficient (Wildman–Crippen LogP) is -14.2. The number of carbonyl (C=O) groups excluding carboxylic acids is 8. The van der Waals surface area contributed by atoms with Gasteiger partial charge < -0.3 is 155 Å². The van der Waals surface area contributed by atoms with Crippen LogP contribution in [-0.2, 0) is 54.4 Å². The molecular formula is C63H109BrN10O32. The minimum Gasteiger partial charge on any atom is -0.480 e. The van der Waals surface area contributed by atoms with E-state index in [-0.39, 0.29) is 89.2 Å². The van der Waals surface area contributed by atoms with Crippen LogP contribution in [0.15, 0.2) is 30.3 Å². The molecule has 8 amide bonds. The van der Waals surface area contributed by atoms with Crippen LogP contribution in [0.1, 0.15) is 76.2 Å². The minimum atomic E-state index is -2.12. The van der Waals surface area contributed by atoms with Gasteiger partial charge in [-0.25, -0.2) is 4.79 Å². The lowest BCUT2D eigenvalue weighted by Gasteiger charge is -2.33. The molecule has 0 radical (unpaired) electrons. The first-order valence-corrected chi connectivity index (χ1v) is 35.2. The van der Waals surface area contributed by atoms with Gasteiger partial charge in [0.25, 0.3) is 0 Å². The molecule has 0 saturated carbocycles. The number of rotatable bonds is 59. The third-order valence-corrected chi connectivity index (χ3v) is 17.1. The molecule has 43 heteroatoms. The molecule has 0 aromatic heterocycles. The summed E-state index contributed by atoms with van der Waals surface area (Å²) in [6.45, 7) is -9.31. The molecule has 106 heavy (non-hydrogen) atoms. The summed E-state index contributed by atoms with van der Waals surface area (Å²) in [6.07, 6.45) is -34.3. The molecule has 20 atom stereocenters. The van der Waals surface area contributed by atoms with E-state index in [1.54, 1.807) is 30.3 Å². The molecule has 0 saturated heterocycles. The Bertz CT molecular complexity index is 2710. The normalized spacial score (nSPS) is 17.4. The fourth-order valence-electron chi connectivity index (χ4n) is 10.3. The smallest absolute Gasteiger partial charge is 0.326 e. The second kappa shape index (κ2) is 53.4. The molecule has 610 valence electrons. The van der Waals surface area contributed by atoms with Crippen molar-refractivity contribution < 1.29 is 160 Å². The fraction of sp³-hybridized carbons (Fsp3) is 0.746. The number of benzene rings is 1. The number of nitrogens with one attached hydrogen (secondary N) is 8. The number of hydrogen-bond acceptors (Lipinski definition) is 32. The number of amides is 8. The number of carboxylic acid groups (broad SMARTS) is 2. The van der Waals surface area contributed by atoms with Crippen molar-refractivity contribution in [2.24, 2.45) is 0 Å². The van der Waals surface area contributed by atoms with Crippen molar-refractivity contribution in [3.8, 4) is 0 Å². The average molecular weight is 1600 g/mol. The van der Waals surface area contributed by atoms with Gasteiger partial charge in [0.05, 0.1) is 69.3 Å². The van der Waals surface area contributed by atoms with E-state index >= 15 is 0 Å². The molecule has 30 N–H and O–H groups in total. The van der Waals surface area contributed by atoms with Crippen LogP contribution in [0.5, 0.6) is 0 Å². The summed E-state index contributed by atoms with van der Waals surface area (Å²) in [5.74, 6) is -9.71. The summed E-state index contributed by atoms with van der Waals surface area (Å²) >= 11 is 2.99. The first kappa shape index (κ1) is 97.5. The number of nitrogens with zero attached hydrogens (tertiary/aromatic N) is 2. The molecule has 0 bridgehead atoms. The molecule has 42 nitrogen and oxygen atoms in total. The number of aliphatic carboxylic acids is 2. The van der Waals surface area contributed by atoms with Crippen LogP contribution in [0, 0.1) is 0 Å². The van der Waals surface area contributed by atoms with Gasteiger partial charge in [-0.1, -0.05) is 46.3 Å². The SMILES string of the molecule is O=C(O)CNC(=O)[C@H](Cc1ccccc1)NC(=O)CNC(=O)CNC(=O)CCC(=O)NCCCC[C@H](NC(=O)[C@H](CCCCN(C[C@H](O)[C@@H](O)[C@H](O)[C@H](O)CO)C[C@H](O)[C@@H](O)[C@H](O)[C@H](O)CO)NC(=O)CBr)C(=O)N[C@@H](CCCCN(C[C@H](O)[C@@H](O)[C@H](O)[C@H](O)CO)C[C@H](O)[C@@H](O)[C@H](O)[C@H](O)CO)C(=O)O. The first-order chi connectivity index (χ1) is 50.0. The summed E-state index contributed by atoms with van der Waals surface area (Å²) < 4.78 is 0.